The molecule has 0 fully saturated rings. The van der Waals surface area contributed by atoms with Crippen LogP contribution in [0.5, 0.6) is 0 Å². The number of fused-ring (bicyclic) bond motifs is 6. The second kappa shape index (κ2) is 14.6. The molecule has 0 spiro atoms. The molecule has 0 saturated heterocycles. The van der Waals surface area contributed by atoms with Crippen molar-refractivity contribution < 1.29 is 4.42 Å². The van der Waals surface area contributed by atoms with Crippen LogP contribution in [0.15, 0.2) is 209 Å². The fourth-order valence-corrected chi connectivity index (χ4v) is 7.96. The van der Waals surface area contributed by atoms with Gasteiger partial charge in [0.1, 0.15) is 22.8 Å². The lowest BCUT2D eigenvalue weighted by atomic mass is 10.0. The van der Waals surface area contributed by atoms with Gasteiger partial charge in [0.2, 0.25) is 0 Å². The number of hydrogen-bond donors (Lipinski definition) is 1. The number of amidine groups is 2. The lowest BCUT2D eigenvalue weighted by molar-refractivity contribution is 0.669. The van der Waals surface area contributed by atoms with Crippen molar-refractivity contribution in [3.8, 4) is 27.9 Å². The molecule has 10 rings (SSSR count). The number of aliphatic imine (C=N–C) groups is 2. The van der Waals surface area contributed by atoms with E-state index in [1.807, 2.05) is 43.4 Å². The van der Waals surface area contributed by atoms with Gasteiger partial charge in [0.05, 0.1) is 23.3 Å². The summed E-state index contributed by atoms with van der Waals surface area (Å²) < 4.78 is 8.68. The zero-order valence-electron chi connectivity index (χ0n) is 31.4. The van der Waals surface area contributed by atoms with Crippen LogP contribution >= 0.6 is 0 Å². The quantitative estimate of drug-likeness (QED) is 0.131. The molecule has 2 aromatic heterocycles. The molecule has 0 aliphatic rings. The fourth-order valence-electron chi connectivity index (χ4n) is 7.96. The van der Waals surface area contributed by atoms with Crippen LogP contribution in [0.2, 0.25) is 0 Å². The standard InChI is InChI=1S/C52H38N4O/c1-53-51(37-16-6-3-7-17-37)55-52(38-26-24-36(25-27-38)35-14-4-2-5-15-35)54-34-41-18-8-11-21-46(41)56-47-22-12-9-19-42(47)43-30-28-39(32-48(43)56)40-29-31-45-44-20-10-13-23-49(44)57-50(45)33-40/h2-33H,34H2,1H3,(H,53,54,55). The molecule has 1 N–H and O–H groups in total. The van der Waals surface area contributed by atoms with Crippen LogP contribution in [-0.4, -0.2) is 23.3 Å². The van der Waals surface area contributed by atoms with Crippen molar-refractivity contribution in [3.63, 3.8) is 0 Å². The van der Waals surface area contributed by atoms with Gasteiger partial charge >= 0.3 is 0 Å². The van der Waals surface area contributed by atoms with Crippen LogP contribution in [-0.2, 0) is 6.54 Å². The van der Waals surface area contributed by atoms with Gasteiger partial charge in [-0.25, -0.2) is 0 Å². The second-order valence-electron chi connectivity index (χ2n) is 14.2. The molecule has 2 heterocycles. The molecule has 0 atom stereocenters. The molecule has 0 aliphatic heterocycles. The van der Waals surface area contributed by atoms with Gasteiger partial charge in [0.25, 0.3) is 0 Å². The maximum absolute atomic E-state index is 6.29. The third-order valence-electron chi connectivity index (χ3n) is 10.8. The largest absolute Gasteiger partial charge is 0.456 e. The van der Waals surface area contributed by atoms with E-state index < -0.39 is 0 Å². The fraction of sp³-hybridized carbons (Fsp3) is 0.0385. The van der Waals surface area contributed by atoms with Crippen molar-refractivity contribution in [3.05, 3.63) is 211 Å². The predicted octanol–water partition coefficient (Wildman–Crippen LogP) is 12.6. The third kappa shape index (κ3) is 6.35. The van der Waals surface area contributed by atoms with E-state index in [-0.39, 0.29) is 0 Å². The highest BCUT2D eigenvalue weighted by Crippen LogP contribution is 2.37. The van der Waals surface area contributed by atoms with Gasteiger partial charge in [-0.3, -0.25) is 9.98 Å². The molecule has 5 heteroatoms. The predicted molar refractivity (Wildman–Crippen MR) is 238 cm³/mol. The van der Waals surface area contributed by atoms with Gasteiger partial charge in [0.15, 0.2) is 0 Å². The Kier molecular flexibility index (Phi) is 8.73. The van der Waals surface area contributed by atoms with Crippen LogP contribution in [0.1, 0.15) is 16.7 Å². The molecule has 0 saturated carbocycles. The average Bonchev–Trinajstić information content (AvgIpc) is 3.82. The maximum atomic E-state index is 6.29. The molecule has 8 aromatic carbocycles. The van der Waals surface area contributed by atoms with E-state index >= 15 is 0 Å². The zero-order chi connectivity index (χ0) is 38.1. The molecule has 0 aliphatic carbocycles. The summed E-state index contributed by atoms with van der Waals surface area (Å²) in [6.45, 7) is 0.446. The summed E-state index contributed by atoms with van der Waals surface area (Å²) in [6.07, 6.45) is 0. The molecule has 5 nitrogen and oxygen atoms in total. The van der Waals surface area contributed by atoms with Crippen LogP contribution in [0.4, 0.5) is 0 Å². The van der Waals surface area contributed by atoms with E-state index in [0.29, 0.717) is 6.54 Å². The van der Waals surface area contributed by atoms with Gasteiger partial charge in [-0.2, -0.15) is 0 Å². The smallest absolute Gasteiger partial charge is 0.136 e. The number of nitrogens with one attached hydrogen (secondary N) is 1. The number of nitrogens with zero attached hydrogens (tertiary/aromatic N) is 3. The van der Waals surface area contributed by atoms with Crippen molar-refractivity contribution in [1.29, 1.82) is 0 Å². The van der Waals surface area contributed by atoms with E-state index in [0.717, 1.165) is 83.7 Å². The lowest BCUT2D eigenvalue weighted by Gasteiger charge is -2.16. The Bertz CT molecular complexity index is 3120. The monoisotopic (exact) mass is 734 g/mol. The minimum atomic E-state index is 0.446. The SMILES string of the molecule is CN=C(NC(=NCc1ccccc1-n1c2ccccc2c2ccc(-c3ccc4c(c3)oc3ccccc34)cc21)c1ccc(-c2ccccc2)cc1)c1ccccc1. The van der Waals surface area contributed by atoms with Crippen molar-refractivity contribution in [2.24, 2.45) is 9.98 Å². The summed E-state index contributed by atoms with van der Waals surface area (Å²) in [4.78, 5) is 9.97. The Morgan fingerprint density at radius 3 is 1.86 bits per heavy atom. The summed E-state index contributed by atoms with van der Waals surface area (Å²) in [5.41, 5.74) is 12.8. The summed E-state index contributed by atoms with van der Waals surface area (Å²) in [5, 5.41) is 8.28. The molecular weight excluding hydrogens is 697 g/mol. The molecule has 0 bridgehead atoms. The van der Waals surface area contributed by atoms with E-state index in [1.54, 1.807) is 0 Å². The van der Waals surface area contributed by atoms with Gasteiger partial charge < -0.3 is 14.3 Å². The molecule has 0 unspecified atom stereocenters. The highest BCUT2D eigenvalue weighted by atomic mass is 16.3. The number of aromatic nitrogens is 1. The highest BCUT2D eigenvalue weighted by Gasteiger charge is 2.17. The topological polar surface area (TPSA) is 54.8 Å². The maximum Gasteiger partial charge on any atom is 0.136 e. The van der Waals surface area contributed by atoms with E-state index in [1.165, 1.54) is 16.3 Å². The first-order valence-electron chi connectivity index (χ1n) is 19.2. The van der Waals surface area contributed by atoms with E-state index in [9.17, 15) is 0 Å². The van der Waals surface area contributed by atoms with Crippen LogP contribution in [0.25, 0.3) is 71.7 Å². The van der Waals surface area contributed by atoms with Gasteiger partial charge in [-0.1, -0.05) is 158 Å². The number of para-hydroxylation sites is 3. The number of furan rings is 1. The molecule has 272 valence electrons. The van der Waals surface area contributed by atoms with Gasteiger partial charge in [-0.05, 0) is 64.2 Å². The lowest BCUT2D eigenvalue weighted by Crippen LogP contribution is -2.32. The number of benzene rings is 8. The Balaban J connectivity index is 1.07. The molecule has 57 heavy (non-hydrogen) atoms. The van der Waals surface area contributed by atoms with E-state index in [4.69, 9.17) is 9.41 Å². The first kappa shape index (κ1) is 34.0. The molecular formula is C52H38N4O. The van der Waals surface area contributed by atoms with Crippen molar-refractivity contribution in [1.82, 2.24) is 9.88 Å². The number of rotatable bonds is 7. The molecule has 10 aromatic rings. The molecule has 0 amide bonds. The summed E-state index contributed by atoms with van der Waals surface area (Å²) >= 11 is 0. The summed E-state index contributed by atoms with van der Waals surface area (Å²) in [7, 11) is 1.81. The Labute approximate surface area is 330 Å². The average molecular weight is 735 g/mol. The normalized spacial score (nSPS) is 12.2. The Morgan fingerprint density at radius 2 is 1.05 bits per heavy atom. The van der Waals surface area contributed by atoms with Crippen molar-refractivity contribution in [2.45, 2.75) is 6.54 Å². The molecule has 0 radical (unpaired) electrons. The third-order valence-corrected chi connectivity index (χ3v) is 10.8. The minimum absolute atomic E-state index is 0.446. The van der Waals surface area contributed by atoms with Gasteiger partial charge in [0, 0.05) is 39.7 Å². The zero-order valence-corrected chi connectivity index (χ0v) is 31.4. The van der Waals surface area contributed by atoms with Crippen LogP contribution < -0.4 is 5.32 Å². The second-order valence-corrected chi connectivity index (χ2v) is 14.2. The minimum Gasteiger partial charge on any atom is -0.456 e. The summed E-state index contributed by atoms with van der Waals surface area (Å²) in [5.74, 6) is 1.50. The Hall–Kier alpha value is -7.50. The Morgan fingerprint density at radius 1 is 0.474 bits per heavy atom. The van der Waals surface area contributed by atoms with Crippen LogP contribution in [0, 0.1) is 0 Å². The van der Waals surface area contributed by atoms with Crippen molar-refractivity contribution in [2.75, 3.05) is 7.05 Å². The van der Waals surface area contributed by atoms with Crippen molar-refractivity contribution >= 4 is 55.4 Å². The first-order chi connectivity index (χ1) is 28.2. The van der Waals surface area contributed by atoms with Crippen LogP contribution in [0.3, 0.4) is 0 Å². The highest BCUT2D eigenvalue weighted by molar-refractivity contribution is 6.15. The summed E-state index contributed by atoms with van der Waals surface area (Å²) in [6, 6.07) is 68.0. The first-order valence-corrected chi connectivity index (χ1v) is 19.2. The number of hydrogen-bond acceptors (Lipinski definition) is 3. The van der Waals surface area contributed by atoms with Gasteiger partial charge in [-0.15, -0.1) is 0 Å². The van der Waals surface area contributed by atoms with E-state index in [2.05, 4.69) is 173 Å².